The highest BCUT2D eigenvalue weighted by molar-refractivity contribution is 5.71. The maximum absolute atomic E-state index is 12.0. The minimum absolute atomic E-state index is 0.0700. The van der Waals surface area contributed by atoms with Gasteiger partial charge >= 0.3 is 0 Å². The van der Waals surface area contributed by atoms with E-state index >= 15 is 0 Å². The number of nitrogens with one attached hydrogen (secondary N) is 1. The Bertz CT molecular complexity index is 785. The van der Waals surface area contributed by atoms with Crippen molar-refractivity contribution in [3.05, 3.63) is 16.2 Å². The number of fused-ring (bicyclic) bond motifs is 1. The monoisotopic (exact) mass is 325 g/mol. The van der Waals surface area contributed by atoms with Gasteiger partial charge in [0.1, 0.15) is 24.1 Å². The first kappa shape index (κ1) is 15.9. The molecule has 1 aliphatic rings. The number of nitrogens with two attached hydrogens (primary N) is 1. The van der Waals surface area contributed by atoms with Crippen LogP contribution in [-0.4, -0.2) is 59.8 Å². The van der Waals surface area contributed by atoms with E-state index in [1.807, 2.05) is 13.8 Å². The standard InChI is InChI=1S/C13H19N5O5/c1-4(2)9-15-6-10(16-13(14)17-11(6)22)18(9)12-8(21)7(20)5(3-19)23-12/h4-5,7-8,12,19-21H,3H2,1-2H3,(H3,14,16,17,22)/t5-,7-,8-,12-/m1/s1. The van der Waals surface area contributed by atoms with E-state index in [0.29, 0.717) is 5.82 Å². The van der Waals surface area contributed by atoms with Crippen LogP contribution in [0.1, 0.15) is 31.8 Å². The average molecular weight is 325 g/mol. The van der Waals surface area contributed by atoms with Gasteiger partial charge in [0.2, 0.25) is 5.95 Å². The molecule has 0 unspecified atom stereocenters. The number of nitrogens with zero attached hydrogens (tertiary/aromatic N) is 3. The van der Waals surface area contributed by atoms with Crippen molar-refractivity contribution in [3.63, 3.8) is 0 Å². The van der Waals surface area contributed by atoms with E-state index in [0.717, 1.165) is 0 Å². The number of aliphatic hydroxyl groups excluding tert-OH is 3. The highest BCUT2D eigenvalue weighted by Crippen LogP contribution is 2.34. The first-order valence-electron chi connectivity index (χ1n) is 7.25. The summed E-state index contributed by atoms with van der Waals surface area (Å²) in [4.78, 5) is 22.7. The summed E-state index contributed by atoms with van der Waals surface area (Å²) in [7, 11) is 0. The molecular weight excluding hydrogens is 306 g/mol. The van der Waals surface area contributed by atoms with Crippen LogP contribution in [0.2, 0.25) is 0 Å². The molecule has 3 heterocycles. The molecule has 3 rings (SSSR count). The molecule has 23 heavy (non-hydrogen) atoms. The number of imidazole rings is 1. The van der Waals surface area contributed by atoms with Gasteiger partial charge in [-0.25, -0.2) is 4.98 Å². The van der Waals surface area contributed by atoms with Gasteiger partial charge in [-0.3, -0.25) is 14.3 Å². The first-order chi connectivity index (χ1) is 10.8. The van der Waals surface area contributed by atoms with E-state index in [1.54, 1.807) is 0 Å². The van der Waals surface area contributed by atoms with Gasteiger partial charge in [-0.2, -0.15) is 4.98 Å². The molecule has 126 valence electrons. The third-order valence-corrected chi connectivity index (χ3v) is 3.88. The number of hydrogen-bond acceptors (Lipinski definition) is 8. The Kier molecular flexibility index (Phi) is 3.84. The minimum atomic E-state index is -1.30. The summed E-state index contributed by atoms with van der Waals surface area (Å²) >= 11 is 0. The van der Waals surface area contributed by atoms with E-state index in [4.69, 9.17) is 10.5 Å². The van der Waals surface area contributed by atoms with Crippen LogP contribution in [0.4, 0.5) is 5.95 Å². The van der Waals surface area contributed by atoms with Crippen LogP contribution in [0.5, 0.6) is 0 Å². The van der Waals surface area contributed by atoms with Gasteiger partial charge in [0.15, 0.2) is 17.4 Å². The number of anilines is 1. The normalized spacial score (nSPS) is 28.1. The van der Waals surface area contributed by atoms with Gasteiger partial charge in [-0.1, -0.05) is 13.8 Å². The maximum Gasteiger partial charge on any atom is 0.280 e. The van der Waals surface area contributed by atoms with Crippen molar-refractivity contribution in [2.24, 2.45) is 0 Å². The quantitative estimate of drug-likeness (QED) is 0.453. The average Bonchev–Trinajstić information content (AvgIpc) is 2.99. The molecule has 0 radical (unpaired) electrons. The largest absolute Gasteiger partial charge is 0.394 e. The lowest BCUT2D eigenvalue weighted by molar-refractivity contribution is -0.0525. The number of H-pyrrole nitrogens is 1. The predicted molar refractivity (Wildman–Crippen MR) is 79.7 cm³/mol. The second kappa shape index (κ2) is 5.57. The van der Waals surface area contributed by atoms with Crippen LogP contribution in [-0.2, 0) is 4.74 Å². The van der Waals surface area contributed by atoms with E-state index in [9.17, 15) is 20.1 Å². The van der Waals surface area contributed by atoms with Crippen LogP contribution in [0.3, 0.4) is 0 Å². The predicted octanol–water partition coefficient (Wildman–Crippen LogP) is -1.56. The van der Waals surface area contributed by atoms with Gasteiger partial charge in [0.25, 0.3) is 5.56 Å². The fourth-order valence-corrected chi connectivity index (χ4v) is 2.77. The van der Waals surface area contributed by atoms with Crippen molar-refractivity contribution in [1.82, 2.24) is 19.5 Å². The van der Waals surface area contributed by atoms with Crippen LogP contribution in [0.25, 0.3) is 11.2 Å². The minimum Gasteiger partial charge on any atom is -0.394 e. The van der Waals surface area contributed by atoms with E-state index in [-0.39, 0.29) is 23.0 Å². The Balaban J connectivity index is 2.23. The van der Waals surface area contributed by atoms with Crippen LogP contribution in [0, 0.1) is 0 Å². The second-order valence-electron chi connectivity index (χ2n) is 5.85. The first-order valence-corrected chi connectivity index (χ1v) is 7.25. The Morgan fingerprint density at radius 3 is 2.61 bits per heavy atom. The number of nitrogen functional groups attached to an aromatic ring is 1. The fourth-order valence-electron chi connectivity index (χ4n) is 2.77. The number of hydrogen-bond donors (Lipinski definition) is 5. The van der Waals surface area contributed by atoms with Crippen molar-refractivity contribution in [2.75, 3.05) is 12.3 Å². The van der Waals surface area contributed by atoms with Gasteiger partial charge in [0, 0.05) is 5.92 Å². The number of ether oxygens (including phenoxy) is 1. The van der Waals surface area contributed by atoms with Crippen molar-refractivity contribution in [2.45, 2.75) is 44.3 Å². The zero-order chi connectivity index (χ0) is 16.9. The summed E-state index contributed by atoms with van der Waals surface area (Å²) in [5.41, 5.74) is 5.32. The van der Waals surface area contributed by atoms with Crippen molar-refractivity contribution in [1.29, 1.82) is 0 Å². The highest BCUT2D eigenvalue weighted by Gasteiger charge is 2.45. The topological polar surface area (TPSA) is 160 Å². The zero-order valence-electron chi connectivity index (χ0n) is 12.7. The molecule has 1 saturated heterocycles. The summed E-state index contributed by atoms with van der Waals surface area (Å²) in [6.45, 7) is 3.27. The Labute approximate surface area is 130 Å². The number of aromatic nitrogens is 4. The fraction of sp³-hybridized carbons (Fsp3) is 0.615. The molecule has 4 atom stereocenters. The molecule has 2 aromatic rings. The molecule has 6 N–H and O–H groups in total. The molecule has 0 spiro atoms. The number of rotatable bonds is 3. The van der Waals surface area contributed by atoms with Crippen molar-refractivity contribution >= 4 is 17.1 Å². The summed E-state index contributed by atoms with van der Waals surface area (Å²) in [6, 6.07) is 0. The lowest BCUT2D eigenvalue weighted by Crippen LogP contribution is -2.33. The highest BCUT2D eigenvalue weighted by atomic mass is 16.6. The van der Waals surface area contributed by atoms with Crippen molar-refractivity contribution < 1.29 is 20.1 Å². The number of aliphatic hydroxyl groups is 3. The van der Waals surface area contributed by atoms with E-state index < -0.39 is 36.7 Å². The second-order valence-corrected chi connectivity index (χ2v) is 5.85. The summed E-state index contributed by atoms with van der Waals surface area (Å²) in [5.74, 6) is 0.259. The van der Waals surface area contributed by atoms with Crippen LogP contribution < -0.4 is 11.3 Å². The van der Waals surface area contributed by atoms with Gasteiger partial charge in [0.05, 0.1) is 6.61 Å². The molecule has 0 saturated carbocycles. The summed E-state index contributed by atoms with van der Waals surface area (Å²) in [6.07, 6.45) is -4.53. The molecule has 10 heteroatoms. The molecule has 0 amide bonds. The summed E-state index contributed by atoms with van der Waals surface area (Å²) in [5, 5.41) is 29.4. The van der Waals surface area contributed by atoms with Crippen LogP contribution in [0.15, 0.2) is 4.79 Å². The molecule has 0 aliphatic carbocycles. The number of aromatic amines is 1. The van der Waals surface area contributed by atoms with Gasteiger partial charge < -0.3 is 25.8 Å². The van der Waals surface area contributed by atoms with Crippen molar-refractivity contribution in [3.8, 4) is 0 Å². The molecule has 10 nitrogen and oxygen atoms in total. The zero-order valence-corrected chi connectivity index (χ0v) is 12.7. The van der Waals surface area contributed by atoms with Gasteiger partial charge in [-0.15, -0.1) is 0 Å². The SMILES string of the molecule is CC(C)c1nc2c(=O)[nH]c(N)nc2n1[C@@H]1O[C@H](CO)[C@@H](O)[C@H]1O. The summed E-state index contributed by atoms with van der Waals surface area (Å²) < 4.78 is 6.99. The van der Waals surface area contributed by atoms with E-state index in [2.05, 4.69) is 15.0 Å². The maximum atomic E-state index is 12.0. The van der Waals surface area contributed by atoms with Crippen LogP contribution >= 0.6 is 0 Å². The Hall–Kier alpha value is -2.01. The molecular formula is C13H19N5O5. The third-order valence-electron chi connectivity index (χ3n) is 3.88. The molecule has 0 bridgehead atoms. The molecule has 0 aromatic carbocycles. The Morgan fingerprint density at radius 1 is 1.35 bits per heavy atom. The van der Waals surface area contributed by atoms with Gasteiger partial charge in [-0.05, 0) is 0 Å². The third kappa shape index (κ3) is 2.39. The Morgan fingerprint density at radius 2 is 2.04 bits per heavy atom. The molecule has 1 aliphatic heterocycles. The molecule has 2 aromatic heterocycles. The lowest BCUT2D eigenvalue weighted by Gasteiger charge is -2.20. The smallest absolute Gasteiger partial charge is 0.280 e. The molecule has 1 fully saturated rings. The van der Waals surface area contributed by atoms with E-state index in [1.165, 1.54) is 4.57 Å². The lowest BCUT2D eigenvalue weighted by atomic mass is 10.1.